The largest absolute Gasteiger partial charge is 0.456 e. The zero-order valence-corrected chi connectivity index (χ0v) is 33.0. The molecule has 0 aliphatic heterocycles. The normalized spacial score (nSPS) is 13.9. The zero-order valence-electron chi connectivity index (χ0n) is 33.0. The standard InChI is InChI=1S/C56H35N3O2/c1-2-14-35-31-48-36(30-34(35)13-1)24-27-44(39-17-5-6-18-40(39)48)52-47(29-28-45-42-20-8-10-23-50(42)61-53(45)52)56-58-54(37-25-26-43-41-19-7-9-22-49(41)60-51(43)32-37)57-55(59-56)46-21-11-15-33-12-3-4-16-38(33)46/h1-23,25-26,28-32,44H,24,27H2. The summed E-state index contributed by atoms with van der Waals surface area (Å²) < 4.78 is 13.4. The highest BCUT2D eigenvalue weighted by Gasteiger charge is 2.31. The summed E-state index contributed by atoms with van der Waals surface area (Å²) in [6.07, 6.45) is 1.78. The van der Waals surface area contributed by atoms with Gasteiger partial charge >= 0.3 is 0 Å². The van der Waals surface area contributed by atoms with Crippen LogP contribution < -0.4 is 0 Å². The Morgan fingerprint density at radius 3 is 1.85 bits per heavy atom. The Hall–Kier alpha value is -7.89. The molecule has 0 saturated heterocycles. The van der Waals surface area contributed by atoms with Gasteiger partial charge in [-0.3, -0.25) is 0 Å². The number of aromatic nitrogens is 3. The quantitative estimate of drug-likeness (QED) is 0.178. The molecule has 3 heterocycles. The van der Waals surface area contributed by atoms with Crippen molar-refractivity contribution in [2.45, 2.75) is 18.8 Å². The Labute approximate surface area is 350 Å². The molecular weight excluding hydrogens is 747 g/mol. The van der Waals surface area contributed by atoms with Crippen LogP contribution in [0.25, 0.3) is 111 Å². The van der Waals surface area contributed by atoms with Crippen molar-refractivity contribution in [3.8, 4) is 45.3 Å². The number of benzene rings is 9. The zero-order chi connectivity index (χ0) is 40.0. The Morgan fingerprint density at radius 2 is 1.00 bits per heavy atom. The monoisotopic (exact) mass is 781 g/mol. The van der Waals surface area contributed by atoms with Gasteiger partial charge in [-0.2, -0.15) is 0 Å². The molecule has 1 unspecified atom stereocenters. The summed E-state index contributed by atoms with van der Waals surface area (Å²) in [5.74, 6) is 1.75. The molecule has 5 heteroatoms. The van der Waals surface area contributed by atoms with Crippen LogP contribution in [-0.2, 0) is 6.42 Å². The number of fused-ring (bicyclic) bond motifs is 11. The van der Waals surface area contributed by atoms with Crippen LogP contribution in [0.15, 0.2) is 191 Å². The van der Waals surface area contributed by atoms with Crippen LogP contribution in [0.5, 0.6) is 0 Å². The van der Waals surface area contributed by atoms with E-state index in [2.05, 4.69) is 158 Å². The summed E-state index contributed by atoms with van der Waals surface area (Å²) in [6, 6.07) is 64.3. The molecule has 0 spiro atoms. The van der Waals surface area contributed by atoms with Crippen molar-refractivity contribution < 1.29 is 8.83 Å². The van der Waals surface area contributed by atoms with Crippen LogP contribution in [0.2, 0.25) is 0 Å². The fourth-order valence-electron chi connectivity index (χ4n) is 9.93. The van der Waals surface area contributed by atoms with Crippen molar-refractivity contribution in [1.82, 2.24) is 15.0 Å². The number of rotatable bonds is 4. The van der Waals surface area contributed by atoms with Gasteiger partial charge in [-0.05, 0) is 99.1 Å². The molecule has 0 N–H and O–H groups in total. The van der Waals surface area contributed by atoms with Crippen LogP contribution in [0, 0.1) is 0 Å². The third-order valence-electron chi connectivity index (χ3n) is 12.8. The number of hydrogen-bond acceptors (Lipinski definition) is 5. The third kappa shape index (κ3) is 5.37. The third-order valence-corrected chi connectivity index (χ3v) is 12.8. The number of aryl methyl sites for hydroxylation is 1. The van der Waals surface area contributed by atoms with Crippen LogP contribution in [-0.4, -0.2) is 15.0 Å². The average molecular weight is 782 g/mol. The van der Waals surface area contributed by atoms with Gasteiger partial charge in [0.25, 0.3) is 0 Å². The van der Waals surface area contributed by atoms with Crippen LogP contribution >= 0.6 is 0 Å². The first-order valence-electron chi connectivity index (χ1n) is 20.9. The van der Waals surface area contributed by atoms with Crippen molar-refractivity contribution in [2.75, 3.05) is 0 Å². The van der Waals surface area contributed by atoms with E-state index in [1.165, 1.54) is 33.0 Å². The van der Waals surface area contributed by atoms with Gasteiger partial charge in [-0.25, -0.2) is 15.0 Å². The Morgan fingerprint density at radius 1 is 0.393 bits per heavy atom. The van der Waals surface area contributed by atoms with Crippen LogP contribution in [0.3, 0.4) is 0 Å². The van der Waals surface area contributed by atoms with Gasteiger partial charge in [0, 0.05) is 49.7 Å². The van der Waals surface area contributed by atoms with E-state index in [0.717, 1.165) is 89.7 Å². The summed E-state index contributed by atoms with van der Waals surface area (Å²) in [5.41, 5.74) is 12.3. The Balaban J connectivity index is 1.09. The second-order valence-electron chi connectivity index (χ2n) is 16.2. The van der Waals surface area contributed by atoms with Gasteiger partial charge in [-0.1, -0.05) is 140 Å². The Bertz CT molecular complexity index is 3740. The van der Waals surface area contributed by atoms with E-state index in [4.69, 9.17) is 23.8 Å². The van der Waals surface area contributed by atoms with E-state index < -0.39 is 0 Å². The number of furan rings is 2. The molecule has 1 atom stereocenters. The molecule has 0 saturated carbocycles. The lowest BCUT2D eigenvalue weighted by Crippen LogP contribution is -2.07. The average Bonchev–Trinajstić information content (AvgIpc) is 3.84. The van der Waals surface area contributed by atoms with Gasteiger partial charge in [0.1, 0.15) is 22.3 Å². The number of nitrogens with zero attached hydrogens (tertiary/aromatic N) is 3. The molecule has 0 fully saturated rings. The Kier molecular flexibility index (Phi) is 7.43. The lowest BCUT2D eigenvalue weighted by Gasteiger charge is -2.22. The van der Waals surface area contributed by atoms with E-state index in [0.29, 0.717) is 17.5 Å². The van der Waals surface area contributed by atoms with Crippen molar-refractivity contribution in [1.29, 1.82) is 0 Å². The summed E-state index contributed by atoms with van der Waals surface area (Å²) in [5, 5.41) is 9.02. The molecule has 13 rings (SSSR count). The van der Waals surface area contributed by atoms with Gasteiger partial charge in [0.05, 0.1) is 0 Å². The van der Waals surface area contributed by atoms with Gasteiger partial charge in [0.2, 0.25) is 0 Å². The minimum Gasteiger partial charge on any atom is -0.456 e. The highest BCUT2D eigenvalue weighted by atomic mass is 16.3. The van der Waals surface area contributed by atoms with Crippen molar-refractivity contribution in [3.05, 3.63) is 199 Å². The molecule has 61 heavy (non-hydrogen) atoms. The molecule has 9 aromatic carbocycles. The molecule has 286 valence electrons. The van der Waals surface area contributed by atoms with Gasteiger partial charge in [0.15, 0.2) is 17.5 Å². The maximum Gasteiger partial charge on any atom is 0.164 e. The fourth-order valence-corrected chi connectivity index (χ4v) is 9.93. The van der Waals surface area contributed by atoms with Gasteiger partial charge < -0.3 is 8.83 Å². The van der Waals surface area contributed by atoms with E-state index in [1.807, 2.05) is 24.3 Å². The lowest BCUT2D eigenvalue weighted by molar-refractivity contribution is 0.647. The summed E-state index contributed by atoms with van der Waals surface area (Å²) >= 11 is 0. The first-order valence-corrected chi connectivity index (χ1v) is 20.9. The lowest BCUT2D eigenvalue weighted by atomic mass is 9.82. The predicted octanol–water partition coefficient (Wildman–Crippen LogP) is 14.7. The fraction of sp³-hybridized carbons (Fsp3) is 0.0536. The van der Waals surface area contributed by atoms with E-state index >= 15 is 0 Å². The topological polar surface area (TPSA) is 65.0 Å². The van der Waals surface area contributed by atoms with Crippen molar-refractivity contribution >= 4 is 65.4 Å². The molecule has 0 bridgehead atoms. The predicted molar refractivity (Wildman–Crippen MR) is 248 cm³/mol. The number of hydrogen-bond donors (Lipinski definition) is 0. The second-order valence-corrected chi connectivity index (χ2v) is 16.2. The first-order chi connectivity index (χ1) is 30.2. The van der Waals surface area contributed by atoms with Crippen LogP contribution in [0.1, 0.15) is 29.0 Å². The summed E-state index contributed by atoms with van der Waals surface area (Å²) in [4.78, 5) is 16.1. The van der Waals surface area contributed by atoms with Crippen molar-refractivity contribution in [3.63, 3.8) is 0 Å². The molecular formula is C56H35N3O2. The molecule has 5 nitrogen and oxygen atoms in total. The minimum atomic E-state index is -0.0286. The molecule has 0 amide bonds. The number of para-hydroxylation sites is 2. The van der Waals surface area contributed by atoms with E-state index in [-0.39, 0.29) is 5.92 Å². The second kappa shape index (κ2) is 13.3. The first kappa shape index (κ1) is 34.0. The molecule has 0 radical (unpaired) electrons. The molecule has 12 aromatic rings. The summed E-state index contributed by atoms with van der Waals surface area (Å²) in [6.45, 7) is 0. The maximum absolute atomic E-state index is 6.98. The highest BCUT2D eigenvalue weighted by molar-refractivity contribution is 6.08. The van der Waals surface area contributed by atoms with Gasteiger partial charge in [-0.15, -0.1) is 0 Å². The summed E-state index contributed by atoms with van der Waals surface area (Å²) in [7, 11) is 0. The van der Waals surface area contributed by atoms with Crippen molar-refractivity contribution in [2.24, 2.45) is 0 Å². The molecule has 1 aliphatic rings. The highest BCUT2D eigenvalue weighted by Crippen LogP contribution is 2.48. The minimum absolute atomic E-state index is 0.0286. The molecule has 1 aliphatic carbocycles. The van der Waals surface area contributed by atoms with E-state index in [9.17, 15) is 0 Å². The SMILES string of the molecule is c1ccc2c(c1)-c1cc3ccccc3cc1CCC2c1c(-c2nc(-c3ccc4c(c3)oc3ccccc34)nc(-c3cccc4ccccc34)n2)ccc2c1oc1ccccc12. The van der Waals surface area contributed by atoms with Crippen LogP contribution in [0.4, 0.5) is 0 Å². The smallest absolute Gasteiger partial charge is 0.164 e. The molecule has 3 aromatic heterocycles. The van der Waals surface area contributed by atoms with E-state index in [1.54, 1.807) is 0 Å². The maximum atomic E-state index is 6.98.